The van der Waals surface area contributed by atoms with Gasteiger partial charge in [0.05, 0.1) is 12.2 Å². The zero-order valence-electron chi connectivity index (χ0n) is 5.33. The molecule has 4 heteroatoms. The van der Waals surface area contributed by atoms with Crippen LogP contribution in [0.1, 0.15) is 6.92 Å². The van der Waals surface area contributed by atoms with E-state index >= 15 is 0 Å². The first-order valence-corrected chi connectivity index (χ1v) is 3.06. The van der Waals surface area contributed by atoms with Crippen LogP contribution in [0.3, 0.4) is 0 Å². The normalized spacial score (nSPS) is 45.0. The van der Waals surface area contributed by atoms with Crippen molar-refractivity contribution in [2.24, 2.45) is 0 Å². The molecular weight excluding hydrogens is 120 g/mol. The van der Waals surface area contributed by atoms with Gasteiger partial charge < -0.3 is 10.2 Å². The van der Waals surface area contributed by atoms with E-state index in [2.05, 4.69) is 10.9 Å². The molecule has 1 aliphatic rings. The standard InChI is InChI=1S/C5H12N2O2/c1-3-5(9)4(8)2-6-7-3/h3-9H,2H2,1H3/t3-,4-,5+/m0/s1. The van der Waals surface area contributed by atoms with Crippen LogP contribution in [0.15, 0.2) is 0 Å². The first kappa shape index (κ1) is 6.95. The van der Waals surface area contributed by atoms with Crippen molar-refractivity contribution in [1.82, 2.24) is 10.9 Å². The van der Waals surface area contributed by atoms with Gasteiger partial charge in [0.2, 0.25) is 0 Å². The summed E-state index contributed by atoms with van der Waals surface area (Å²) in [4.78, 5) is 0. The molecule has 1 heterocycles. The highest BCUT2D eigenvalue weighted by molar-refractivity contribution is 4.81. The quantitative estimate of drug-likeness (QED) is 0.314. The van der Waals surface area contributed by atoms with Crippen LogP contribution in [0.25, 0.3) is 0 Å². The zero-order chi connectivity index (χ0) is 6.85. The Labute approximate surface area is 53.9 Å². The predicted molar refractivity (Wildman–Crippen MR) is 32.6 cm³/mol. The number of aliphatic hydroxyl groups excluding tert-OH is 2. The van der Waals surface area contributed by atoms with Crippen molar-refractivity contribution in [3.05, 3.63) is 0 Å². The van der Waals surface area contributed by atoms with Crippen molar-refractivity contribution in [2.75, 3.05) is 6.54 Å². The highest BCUT2D eigenvalue weighted by Gasteiger charge is 2.26. The van der Waals surface area contributed by atoms with E-state index in [0.29, 0.717) is 6.54 Å². The molecule has 0 spiro atoms. The van der Waals surface area contributed by atoms with Crippen molar-refractivity contribution >= 4 is 0 Å². The monoisotopic (exact) mass is 132 g/mol. The van der Waals surface area contributed by atoms with Gasteiger partial charge in [-0.1, -0.05) is 0 Å². The Morgan fingerprint density at radius 1 is 1.44 bits per heavy atom. The second-order valence-corrected chi connectivity index (χ2v) is 2.37. The summed E-state index contributed by atoms with van der Waals surface area (Å²) in [6.45, 7) is 2.21. The number of hydrogen-bond donors (Lipinski definition) is 4. The molecule has 9 heavy (non-hydrogen) atoms. The molecular formula is C5H12N2O2. The van der Waals surface area contributed by atoms with E-state index in [0.717, 1.165) is 0 Å². The Hall–Kier alpha value is -0.160. The smallest absolute Gasteiger partial charge is 0.0975 e. The number of hydrogen-bond acceptors (Lipinski definition) is 4. The van der Waals surface area contributed by atoms with Gasteiger partial charge in [0, 0.05) is 12.6 Å². The zero-order valence-corrected chi connectivity index (χ0v) is 5.33. The molecule has 0 bridgehead atoms. The molecule has 4 nitrogen and oxygen atoms in total. The first-order valence-electron chi connectivity index (χ1n) is 3.06. The Kier molecular flexibility index (Phi) is 2.02. The molecule has 1 saturated heterocycles. The van der Waals surface area contributed by atoms with Crippen LogP contribution in [0.2, 0.25) is 0 Å². The van der Waals surface area contributed by atoms with Gasteiger partial charge in [0.25, 0.3) is 0 Å². The maximum absolute atomic E-state index is 9.09. The van der Waals surface area contributed by atoms with Gasteiger partial charge in [-0.15, -0.1) is 0 Å². The third kappa shape index (κ3) is 1.40. The van der Waals surface area contributed by atoms with Crippen LogP contribution in [-0.2, 0) is 0 Å². The van der Waals surface area contributed by atoms with Gasteiger partial charge in [-0.05, 0) is 6.92 Å². The lowest BCUT2D eigenvalue weighted by Gasteiger charge is -2.30. The summed E-state index contributed by atoms with van der Waals surface area (Å²) in [5.41, 5.74) is 5.56. The maximum atomic E-state index is 9.09. The molecule has 1 aliphatic heterocycles. The number of aliphatic hydroxyl groups is 2. The molecule has 0 aromatic heterocycles. The number of nitrogens with one attached hydrogen (secondary N) is 2. The molecule has 54 valence electrons. The van der Waals surface area contributed by atoms with Crippen molar-refractivity contribution in [3.8, 4) is 0 Å². The van der Waals surface area contributed by atoms with Crippen LogP contribution < -0.4 is 10.9 Å². The first-order chi connectivity index (χ1) is 4.22. The fourth-order valence-electron chi connectivity index (χ4n) is 0.864. The fourth-order valence-corrected chi connectivity index (χ4v) is 0.864. The molecule has 1 fully saturated rings. The minimum Gasteiger partial charge on any atom is -0.389 e. The molecule has 0 aromatic carbocycles. The van der Waals surface area contributed by atoms with Gasteiger partial charge in [-0.3, -0.25) is 10.9 Å². The van der Waals surface area contributed by atoms with E-state index in [1.165, 1.54) is 0 Å². The number of rotatable bonds is 0. The minimum atomic E-state index is -0.647. The summed E-state index contributed by atoms with van der Waals surface area (Å²) in [6.07, 6.45) is -1.28. The average molecular weight is 132 g/mol. The number of β-amino-alcohol motifs (C(OH)–C–C–N with tert-alkyl or cyclic N) is 1. The lowest BCUT2D eigenvalue weighted by molar-refractivity contribution is -0.0263. The van der Waals surface area contributed by atoms with E-state index in [-0.39, 0.29) is 6.04 Å². The van der Waals surface area contributed by atoms with E-state index in [1.807, 2.05) is 0 Å². The van der Waals surface area contributed by atoms with Gasteiger partial charge in [0.1, 0.15) is 0 Å². The molecule has 0 unspecified atom stereocenters. The van der Waals surface area contributed by atoms with Gasteiger partial charge in [-0.25, -0.2) is 0 Å². The Morgan fingerprint density at radius 2 is 2.11 bits per heavy atom. The van der Waals surface area contributed by atoms with Crippen LogP contribution in [0, 0.1) is 0 Å². The van der Waals surface area contributed by atoms with Gasteiger partial charge in [0.15, 0.2) is 0 Å². The highest BCUT2D eigenvalue weighted by atomic mass is 16.3. The molecule has 0 saturated carbocycles. The van der Waals surface area contributed by atoms with Crippen LogP contribution >= 0.6 is 0 Å². The molecule has 0 aromatic rings. The minimum absolute atomic E-state index is 0.0752. The predicted octanol–water partition coefficient (Wildman–Crippen LogP) is -1.80. The van der Waals surface area contributed by atoms with Gasteiger partial charge in [-0.2, -0.15) is 0 Å². The Bertz CT molecular complexity index is 89.0. The summed E-state index contributed by atoms with van der Waals surface area (Å²) in [7, 11) is 0. The van der Waals surface area contributed by atoms with E-state index in [4.69, 9.17) is 10.2 Å². The molecule has 3 atom stereocenters. The summed E-state index contributed by atoms with van der Waals surface area (Å²) in [5, 5.41) is 18.1. The topological polar surface area (TPSA) is 64.5 Å². The Balaban J connectivity index is 2.41. The number of hydrazine groups is 1. The second kappa shape index (κ2) is 2.62. The SMILES string of the molecule is C[C@@H]1NNC[C@H](O)[C@@H]1O. The summed E-state index contributed by atoms with van der Waals surface area (Å²) in [5.74, 6) is 0. The Morgan fingerprint density at radius 3 is 2.56 bits per heavy atom. The van der Waals surface area contributed by atoms with Crippen molar-refractivity contribution in [2.45, 2.75) is 25.2 Å². The maximum Gasteiger partial charge on any atom is 0.0975 e. The summed E-state index contributed by atoms with van der Waals surface area (Å²) < 4.78 is 0. The molecule has 0 amide bonds. The average Bonchev–Trinajstić information content (AvgIpc) is 1.83. The van der Waals surface area contributed by atoms with E-state index in [9.17, 15) is 0 Å². The highest BCUT2D eigenvalue weighted by Crippen LogP contribution is 2.01. The summed E-state index contributed by atoms with van der Waals surface area (Å²) in [6, 6.07) is -0.0752. The molecule has 4 N–H and O–H groups in total. The third-order valence-corrected chi connectivity index (χ3v) is 1.55. The largest absolute Gasteiger partial charge is 0.389 e. The lowest BCUT2D eigenvalue weighted by atomic mass is 10.1. The molecule has 0 radical (unpaired) electrons. The van der Waals surface area contributed by atoms with E-state index in [1.54, 1.807) is 6.92 Å². The van der Waals surface area contributed by atoms with Crippen molar-refractivity contribution < 1.29 is 10.2 Å². The third-order valence-electron chi connectivity index (χ3n) is 1.55. The fraction of sp³-hybridized carbons (Fsp3) is 1.00. The lowest BCUT2D eigenvalue weighted by Crippen LogP contribution is -2.59. The van der Waals surface area contributed by atoms with Crippen LogP contribution in [0.5, 0.6) is 0 Å². The summed E-state index contributed by atoms with van der Waals surface area (Å²) >= 11 is 0. The van der Waals surface area contributed by atoms with E-state index < -0.39 is 12.2 Å². The second-order valence-electron chi connectivity index (χ2n) is 2.37. The van der Waals surface area contributed by atoms with Gasteiger partial charge >= 0.3 is 0 Å². The van der Waals surface area contributed by atoms with Crippen molar-refractivity contribution in [3.63, 3.8) is 0 Å². The van der Waals surface area contributed by atoms with Crippen molar-refractivity contribution in [1.29, 1.82) is 0 Å². The van der Waals surface area contributed by atoms with Crippen LogP contribution in [0.4, 0.5) is 0 Å². The van der Waals surface area contributed by atoms with Crippen LogP contribution in [-0.4, -0.2) is 35.0 Å². The molecule has 0 aliphatic carbocycles. The molecule has 1 rings (SSSR count).